The molecule has 0 bridgehead atoms. The number of nitrogens with zero attached hydrogens (tertiary/aromatic N) is 3. The average molecular weight is 407 g/mol. The van der Waals surface area contributed by atoms with Crippen molar-refractivity contribution in [2.24, 2.45) is 5.92 Å². The van der Waals surface area contributed by atoms with Gasteiger partial charge in [-0.15, -0.1) is 0 Å². The fourth-order valence-electron chi connectivity index (χ4n) is 4.70. The van der Waals surface area contributed by atoms with Gasteiger partial charge in [-0.3, -0.25) is 19.5 Å². The van der Waals surface area contributed by atoms with Gasteiger partial charge in [-0.05, 0) is 43.0 Å². The third kappa shape index (κ3) is 4.87. The van der Waals surface area contributed by atoms with E-state index < -0.39 is 0 Å². The third-order valence-electron chi connectivity index (χ3n) is 6.30. The van der Waals surface area contributed by atoms with Gasteiger partial charge in [0.05, 0.1) is 18.3 Å². The number of aromatic nitrogens is 1. The standard InChI is InChI=1S/C24H30N4O2/c29-23(26-18-21-12-6-7-13-25-21)22(19-8-4-5-9-19)27-14-16-28(17-15-27)24(30)20-10-2-1-3-11-20/h1-3,6-7,10-13,19,22H,4-5,8-9,14-18H2,(H,26,29). The molecule has 0 radical (unpaired) electrons. The van der Waals surface area contributed by atoms with Crippen molar-refractivity contribution in [2.45, 2.75) is 38.3 Å². The molecule has 1 aliphatic carbocycles. The van der Waals surface area contributed by atoms with Gasteiger partial charge in [-0.2, -0.15) is 0 Å². The molecule has 0 spiro atoms. The van der Waals surface area contributed by atoms with Gasteiger partial charge < -0.3 is 10.2 Å². The van der Waals surface area contributed by atoms with E-state index in [4.69, 9.17) is 0 Å². The number of carbonyl (C=O) groups excluding carboxylic acids is 2. The summed E-state index contributed by atoms with van der Waals surface area (Å²) in [7, 11) is 0. The zero-order valence-electron chi connectivity index (χ0n) is 17.4. The molecule has 4 rings (SSSR count). The van der Waals surface area contributed by atoms with Crippen LogP contribution in [0.25, 0.3) is 0 Å². The summed E-state index contributed by atoms with van der Waals surface area (Å²) >= 11 is 0. The van der Waals surface area contributed by atoms with E-state index in [1.807, 2.05) is 53.4 Å². The minimum Gasteiger partial charge on any atom is -0.349 e. The van der Waals surface area contributed by atoms with Gasteiger partial charge in [0.1, 0.15) is 0 Å². The van der Waals surface area contributed by atoms with E-state index in [1.165, 1.54) is 12.8 Å². The van der Waals surface area contributed by atoms with E-state index in [0.717, 1.165) is 37.2 Å². The number of piperazine rings is 1. The molecular weight excluding hydrogens is 376 g/mol. The van der Waals surface area contributed by atoms with Gasteiger partial charge in [0, 0.05) is 37.9 Å². The number of hydrogen-bond donors (Lipinski definition) is 1. The molecule has 2 aromatic rings. The van der Waals surface area contributed by atoms with E-state index in [1.54, 1.807) is 6.20 Å². The number of nitrogens with one attached hydrogen (secondary N) is 1. The number of pyridine rings is 1. The molecule has 2 aliphatic rings. The van der Waals surface area contributed by atoms with Crippen molar-refractivity contribution in [3.05, 3.63) is 66.0 Å². The third-order valence-corrected chi connectivity index (χ3v) is 6.30. The maximum Gasteiger partial charge on any atom is 0.253 e. The highest BCUT2D eigenvalue weighted by molar-refractivity contribution is 5.94. The Morgan fingerprint density at radius 2 is 1.67 bits per heavy atom. The molecule has 2 heterocycles. The summed E-state index contributed by atoms with van der Waals surface area (Å²) in [6.07, 6.45) is 6.34. The van der Waals surface area contributed by atoms with E-state index in [0.29, 0.717) is 25.6 Å². The normalized spacial score (nSPS) is 18.9. The fraction of sp³-hybridized carbons (Fsp3) is 0.458. The van der Waals surface area contributed by atoms with Crippen molar-refractivity contribution in [3.8, 4) is 0 Å². The van der Waals surface area contributed by atoms with Crippen molar-refractivity contribution in [3.63, 3.8) is 0 Å². The first-order valence-electron chi connectivity index (χ1n) is 11.0. The summed E-state index contributed by atoms with van der Waals surface area (Å²) in [5.41, 5.74) is 1.60. The minimum atomic E-state index is -0.120. The largest absolute Gasteiger partial charge is 0.349 e. The number of rotatable bonds is 6. The van der Waals surface area contributed by atoms with Crippen molar-refractivity contribution in [2.75, 3.05) is 26.2 Å². The highest BCUT2D eigenvalue weighted by Gasteiger charge is 2.37. The first kappa shape index (κ1) is 20.5. The quantitative estimate of drug-likeness (QED) is 0.801. The Balaban J connectivity index is 1.38. The van der Waals surface area contributed by atoms with E-state index >= 15 is 0 Å². The summed E-state index contributed by atoms with van der Waals surface area (Å²) in [5.74, 6) is 0.563. The second-order valence-electron chi connectivity index (χ2n) is 8.22. The molecule has 6 heteroatoms. The summed E-state index contributed by atoms with van der Waals surface area (Å²) in [4.78, 5) is 34.4. The summed E-state index contributed by atoms with van der Waals surface area (Å²) in [6.45, 7) is 3.23. The van der Waals surface area contributed by atoms with Crippen LogP contribution < -0.4 is 5.32 Å². The maximum absolute atomic E-state index is 13.2. The Morgan fingerprint density at radius 1 is 0.967 bits per heavy atom. The van der Waals surface area contributed by atoms with Gasteiger partial charge in [-0.1, -0.05) is 37.1 Å². The fourth-order valence-corrected chi connectivity index (χ4v) is 4.70. The molecule has 1 saturated carbocycles. The van der Waals surface area contributed by atoms with E-state index in [2.05, 4.69) is 15.2 Å². The minimum absolute atomic E-state index is 0.0762. The van der Waals surface area contributed by atoms with Gasteiger partial charge >= 0.3 is 0 Å². The van der Waals surface area contributed by atoms with Gasteiger partial charge in [0.15, 0.2) is 0 Å². The van der Waals surface area contributed by atoms with Crippen LogP contribution in [-0.2, 0) is 11.3 Å². The lowest BCUT2D eigenvalue weighted by atomic mass is 9.95. The maximum atomic E-state index is 13.2. The van der Waals surface area contributed by atoms with E-state index in [9.17, 15) is 9.59 Å². The molecule has 6 nitrogen and oxygen atoms in total. The van der Waals surface area contributed by atoms with Crippen LogP contribution in [0.2, 0.25) is 0 Å². The van der Waals surface area contributed by atoms with Crippen molar-refractivity contribution >= 4 is 11.8 Å². The Morgan fingerprint density at radius 3 is 2.33 bits per heavy atom. The van der Waals surface area contributed by atoms with Crippen LogP contribution in [-0.4, -0.2) is 58.8 Å². The van der Waals surface area contributed by atoms with Crippen molar-refractivity contribution < 1.29 is 9.59 Å². The summed E-state index contributed by atoms with van der Waals surface area (Å²) in [6, 6.07) is 15.1. The Labute approximate surface area is 178 Å². The molecule has 30 heavy (non-hydrogen) atoms. The molecular formula is C24H30N4O2. The molecule has 2 amide bonds. The first-order valence-corrected chi connectivity index (χ1v) is 11.0. The number of amides is 2. The predicted octanol–water partition coefficient (Wildman–Crippen LogP) is 2.71. The Hall–Kier alpha value is -2.73. The van der Waals surface area contributed by atoms with Crippen LogP contribution in [0.3, 0.4) is 0 Å². The number of benzene rings is 1. The summed E-state index contributed by atoms with van der Waals surface area (Å²) < 4.78 is 0. The van der Waals surface area contributed by atoms with Gasteiger partial charge in [-0.25, -0.2) is 0 Å². The van der Waals surface area contributed by atoms with Gasteiger partial charge in [0.25, 0.3) is 5.91 Å². The molecule has 1 saturated heterocycles. The molecule has 2 fully saturated rings. The molecule has 1 aliphatic heterocycles. The topological polar surface area (TPSA) is 65.5 Å². The van der Waals surface area contributed by atoms with E-state index in [-0.39, 0.29) is 17.9 Å². The van der Waals surface area contributed by atoms with Crippen LogP contribution in [0.5, 0.6) is 0 Å². The first-order chi connectivity index (χ1) is 14.7. The average Bonchev–Trinajstić information content (AvgIpc) is 3.33. The van der Waals surface area contributed by atoms with Crippen molar-refractivity contribution in [1.29, 1.82) is 0 Å². The lowest BCUT2D eigenvalue weighted by Crippen LogP contribution is -2.57. The zero-order valence-corrected chi connectivity index (χ0v) is 17.4. The van der Waals surface area contributed by atoms with Crippen LogP contribution in [0.15, 0.2) is 54.7 Å². The van der Waals surface area contributed by atoms with Crippen LogP contribution >= 0.6 is 0 Å². The molecule has 1 atom stereocenters. The second kappa shape index (κ2) is 9.85. The zero-order chi connectivity index (χ0) is 20.8. The number of carbonyl (C=O) groups is 2. The lowest BCUT2D eigenvalue weighted by molar-refractivity contribution is -0.129. The second-order valence-corrected chi connectivity index (χ2v) is 8.22. The molecule has 1 aromatic carbocycles. The summed E-state index contributed by atoms with van der Waals surface area (Å²) in [5, 5.41) is 3.11. The molecule has 1 unspecified atom stereocenters. The highest BCUT2D eigenvalue weighted by atomic mass is 16.2. The van der Waals surface area contributed by atoms with Crippen LogP contribution in [0, 0.1) is 5.92 Å². The monoisotopic (exact) mass is 406 g/mol. The molecule has 1 aromatic heterocycles. The smallest absolute Gasteiger partial charge is 0.253 e. The Bertz CT molecular complexity index is 829. The predicted molar refractivity (Wildman–Crippen MR) is 116 cm³/mol. The van der Waals surface area contributed by atoms with Crippen LogP contribution in [0.1, 0.15) is 41.7 Å². The highest BCUT2D eigenvalue weighted by Crippen LogP contribution is 2.31. The molecule has 1 N–H and O–H groups in total. The van der Waals surface area contributed by atoms with Crippen molar-refractivity contribution in [1.82, 2.24) is 20.1 Å². The SMILES string of the molecule is O=C(NCc1ccccn1)C(C1CCCC1)N1CCN(C(=O)c2ccccc2)CC1. The van der Waals surface area contributed by atoms with Gasteiger partial charge in [0.2, 0.25) is 5.91 Å². The lowest BCUT2D eigenvalue weighted by Gasteiger charge is -2.40. The molecule has 158 valence electrons. The Kier molecular flexibility index (Phi) is 6.74. The van der Waals surface area contributed by atoms with Crippen LogP contribution in [0.4, 0.5) is 0 Å². The number of hydrogen-bond acceptors (Lipinski definition) is 4.